The van der Waals surface area contributed by atoms with Crippen LogP contribution in [0.4, 0.5) is 5.69 Å². The van der Waals surface area contributed by atoms with Crippen LogP contribution in [-0.2, 0) is 42.8 Å². The largest absolute Gasteiger partial charge is 0.698 e. The summed E-state index contributed by atoms with van der Waals surface area (Å²) in [5.41, 5.74) is 8.61. The summed E-state index contributed by atoms with van der Waals surface area (Å²) in [6, 6.07) is 4.25. The molecule has 2 rings (SSSR count). The molecule has 2 aromatic carbocycles. The average molecular weight is 355 g/mol. The first-order valence-electron chi connectivity index (χ1n) is 5.18. The van der Waals surface area contributed by atoms with Crippen LogP contribution in [0.3, 0.4) is 0 Å². The molecule has 5 nitrogen and oxygen atoms in total. The van der Waals surface area contributed by atoms with Gasteiger partial charge in [0.15, 0.2) is 0 Å². The van der Waals surface area contributed by atoms with Crippen LogP contribution in [0, 0.1) is 13.8 Å². The number of aromatic hydroxyl groups is 1. The Hall–Kier alpha value is -0.686. The molecule has 1 radical (unpaired) electrons. The van der Waals surface area contributed by atoms with E-state index in [1.54, 1.807) is 19.9 Å². The molecule has 0 aromatic heterocycles. The fourth-order valence-corrected chi connectivity index (χ4v) is 2.73. The first-order chi connectivity index (χ1) is 8.23. The molecule has 3 N–H and O–H groups in total. The van der Waals surface area contributed by atoms with E-state index in [-0.39, 0.29) is 49.5 Å². The van der Waals surface area contributed by atoms with E-state index in [9.17, 15) is 18.1 Å². The number of hydrogen-bond acceptors (Lipinski definition) is 3. The van der Waals surface area contributed by atoms with Gasteiger partial charge in [-0.25, -0.2) is 0 Å². The van der Waals surface area contributed by atoms with Gasteiger partial charge >= 0.3 is 0 Å². The van der Waals surface area contributed by atoms with Gasteiger partial charge in [0.2, 0.25) is 0 Å². The molecular weight excluding hydrogens is 343 g/mol. The van der Waals surface area contributed by atoms with Crippen molar-refractivity contribution < 1.29 is 50.8 Å². The maximum Gasteiger partial charge on any atom is 0.293 e. The Morgan fingerprint density at radius 1 is 1.16 bits per heavy atom. The first-order valence-corrected chi connectivity index (χ1v) is 6.62. The molecular formula is C12H12NO4SY-. The van der Waals surface area contributed by atoms with Gasteiger partial charge in [0.1, 0.15) is 5.75 Å². The maximum atomic E-state index is 11.3. The Balaban J connectivity index is 0.00000180. The van der Waals surface area contributed by atoms with Crippen LogP contribution < -0.4 is 0 Å². The molecule has 0 saturated carbocycles. The van der Waals surface area contributed by atoms with Crippen molar-refractivity contribution in [2.75, 3.05) is 0 Å². The van der Waals surface area contributed by atoms with Crippen LogP contribution in [0.25, 0.3) is 16.5 Å². The smallest absolute Gasteiger partial charge is 0.293 e. The molecule has 0 saturated heterocycles. The van der Waals surface area contributed by atoms with E-state index >= 15 is 0 Å². The Kier molecular flexibility index (Phi) is 4.62. The monoisotopic (exact) mass is 355 g/mol. The number of hydrogen-bond donors (Lipinski definition) is 2. The first kappa shape index (κ1) is 16.4. The summed E-state index contributed by atoms with van der Waals surface area (Å²) < 4.78 is 31.8. The van der Waals surface area contributed by atoms with E-state index in [1.807, 2.05) is 0 Å². The van der Waals surface area contributed by atoms with Crippen molar-refractivity contribution in [3.05, 3.63) is 35.1 Å². The van der Waals surface area contributed by atoms with Crippen molar-refractivity contribution in [3.8, 4) is 5.75 Å². The summed E-state index contributed by atoms with van der Waals surface area (Å²) in [6.45, 7) is 3.44. The van der Waals surface area contributed by atoms with E-state index in [0.717, 1.165) is 0 Å². The van der Waals surface area contributed by atoms with E-state index in [0.29, 0.717) is 16.5 Å². The molecule has 0 spiro atoms. The SMILES string of the molecule is Cc1cc2c(S(=O)(=O)O)c([NH-])ccc2c(O)c1C.[Y]. The molecule has 0 heterocycles. The molecule has 7 heteroatoms. The van der Waals surface area contributed by atoms with Gasteiger partial charge in [-0.05, 0) is 31.0 Å². The van der Waals surface area contributed by atoms with Gasteiger partial charge in [-0.15, -0.1) is 5.69 Å². The fourth-order valence-electron chi connectivity index (χ4n) is 1.94. The number of rotatable bonds is 1. The normalized spacial score (nSPS) is 11.3. The van der Waals surface area contributed by atoms with Crippen molar-refractivity contribution >= 4 is 26.6 Å². The molecule has 99 valence electrons. The second-order valence-electron chi connectivity index (χ2n) is 4.18. The van der Waals surface area contributed by atoms with Gasteiger partial charge in [0.05, 0.1) is 4.90 Å². The number of aryl methyl sites for hydroxylation is 1. The predicted octanol–water partition coefficient (Wildman–Crippen LogP) is 3.09. The summed E-state index contributed by atoms with van der Waals surface area (Å²) in [4.78, 5) is -0.474. The molecule has 0 aliphatic heterocycles. The van der Waals surface area contributed by atoms with Crippen LogP contribution in [0.15, 0.2) is 23.1 Å². The Bertz CT molecular complexity index is 756. The number of nitrogens with one attached hydrogen (secondary N) is 1. The fraction of sp³-hybridized carbons (Fsp3) is 0.167. The van der Waals surface area contributed by atoms with Gasteiger partial charge in [0.25, 0.3) is 10.1 Å². The molecule has 0 unspecified atom stereocenters. The average Bonchev–Trinajstić information content (AvgIpc) is 2.24. The zero-order valence-corrected chi connectivity index (χ0v) is 14.1. The van der Waals surface area contributed by atoms with E-state index in [4.69, 9.17) is 5.73 Å². The van der Waals surface area contributed by atoms with Crippen molar-refractivity contribution in [1.29, 1.82) is 0 Å². The van der Waals surface area contributed by atoms with Crippen LogP contribution in [0.2, 0.25) is 0 Å². The number of phenolic OH excluding ortho intramolecular Hbond substituents is 1. The van der Waals surface area contributed by atoms with Crippen molar-refractivity contribution in [1.82, 2.24) is 0 Å². The van der Waals surface area contributed by atoms with Crippen molar-refractivity contribution in [2.24, 2.45) is 0 Å². The third kappa shape index (κ3) is 2.77. The third-order valence-electron chi connectivity index (χ3n) is 3.02. The Labute approximate surface area is 136 Å². The minimum absolute atomic E-state index is 0. The third-order valence-corrected chi connectivity index (χ3v) is 3.97. The van der Waals surface area contributed by atoms with Crippen molar-refractivity contribution in [2.45, 2.75) is 18.7 Å². The van der Waals surface area contributed by atoms with Gasteiger partial charge in [-0.2, -0.15) is 8.42 Å². The topological polar surface area (TPSA) is 98.4 Å². The second kappa shape index (κ2) is 5.36. The molecule has 0 amide bonds. The van der Waals surface area contributed by atoms with E-state index in [2.05, 4.69) is 0 Å². The molecule has 0 aliphatic rings. The minimum atomic E-state index is -4.51. The minimum Gasteiger partial charge on any atom is -0.698 e. The standard InChI is InChI=1S/C12H12NO4S.Y/c1-6-5-9-8(11(14)7(6)2)3-4-10(13)12(9)18(15,16)17;/h3-5,13-14H,1-2H3,(H,15,16,17);/q-1;. The molecule has 0 aliphatic carbocycles. The predicted molar refractivity (Wildman–Crippen MR) is 68.9 cm³/mol. The van der Waals surface area contributed by atoms with Crippen molar-refractivity contribution in [3.63, 3.8) is 0 Å². The molecule has 0 bridgehead atoms. The zero-order valence-electron chi connectivity index (χ0n) is 10.4. The summed E-state index contributed by atoms with van der Waals surface area (Å²) in [5.74, 6) is -0.0325. The number of phenols is 1. The summed E-state index contributed by atoms with van der Waals surface area (Å²) in [7, 11) is -4.51. The number of benzene rings is 2. The Morgan fingerprint density at radius 3 is 2.26 bits per heavy atom. The molecule has 19 heavy (non-hydrogen) atoms. The van der Waals surface area contributed by atoms with Crippen LogP contribution in [0.5, 0.6) is 5.75 Å². The number of fused-ring (bicyclic) bond motifs is 1. The van der Waals surface area contributed by atoms with E-state index in [1.165, 1.54) is 12.1 Å². The van der Waals surface area contributed by atoms with Crippen LogP contribution >= 0.6 is 0 Å². The Morgan fingerprint density at radius 2 is 1.74 bits per heavy atom. The van der Waals surface area contributed by atoms with Gasteiger partial charge in [-0.1, -0.05) is 12.1 Å². The van der Waals surface area contributed by atoms with Gasteiger partial charge < -0.3 is 10.8 Å². The van der Waals surface area contributed by atoms with E-state index < -0.39 is 15.0 Å². The van der Waals surface area contributed by atoms with Crippen LogP contribution in [0.1, 0.15) is 11.1 Å². The zero-order chi connectivity index (χ0) is 13.7. The van der Waals surface area contributed by atoms with Crippen LogP contribution in [-0.4, -0.2) is 18.1 Å². The molecule has 0 fully saturated rings. The summed E-state index contributed by atoms with van der Waals surface area (Å²) in [5, 5.41) is 10.4. The molecule has 0 atom stereocenters. The van der Waals surface area contributed by atoms with Gasteiger partial charge in [-0.3, -0.25) is 4.55 Å². The van der Waals surface area contributed by atoms with Gasteiger partial charge in [0, 0.05) is 43.5 Å². The molecule has 2 aromatic rings. The quantitative estimate of drug-likeness (QED) is 0.768. The maximum absolute atomic E-state index is 11.3. The summed E-state index contributed by atoms with van der Waals surface area (Å²) >= 11 is 0. The second-order valence-corrected chi connectivity index (χ2v) is 5.54. The summed E-state index contributed by atoms with van der Waals surface area (Å²) in [6.07, 6.45) is 0.